The quantitative estimate of drug-likeness (QED) is 0.626. The van der Waals surface area contributed by atoms with Crippen molar-refractivity contribution in [3.05, 3.63) is 56.9 Å². The highest BCUT2D eigenvalue weighted by atomic mass is 16.6. The first-order valence-corrected chi connectivity index (χ1v) is 7.38. The summed E-state index contributed by atoms with van der Waals surface area (Å²) < 4.78 is 2.06. The number of hydrogen-bond acceptors (Lipinski definition) is 3. The Hall–Kier alpha value is -2.43. The van der Waals surface area contributed by atoms with Crippen molar-refractivity contribution in [3.63, 3.8) is 0 Å². The maximum absolute atomic E-state index is 12.2. The van der Waals surface area contributed by atoms with Crippen LogP contribution in [-0.4, -0.2) is 15.3 Å². The van der Waals surface area contributed by atoms with Crippen LogP contribution in [-0.2, 0) is 6.42 Å². The summed E-state index contributed by atoms with van der Waals surface area (Å²) in [6.45, 7) is 5.78. The molecule has 114 valence electrons. The molecular formula is C17H18N2O3. The molecule has 0 amide bonds. The van der Waals surface area contributed by atoms with Gasteiger partial charge in [0.15, 0.2) is 5.78 Å². The number of nitrogens with zero attached hydrogens (tertiary/aromatic N) is 2. The Labute approximate surface area is 128 Å². The summed E-state index contributed by atoms with van der Waals surface area (Å²) in [5.41, 5.74) is 4.43. The van der Waals surface area contributed by atoms with Gasteiger partial charge in [-0.05, 0) is 44.4 Å². The summed E-state index contributed by atoms with van der Waals surface area (Å²) in [7, 11) is 0. The third-order valence-corrected chi connectivity index (χ3v) is 4.30. The van der Waals surface area contributed by atoms with Gasteiger partial charge in [0.2, 0.25) is 0 Å². The standard InChI is InChI=1S/C17H18N2O3/c1-10-6-16-14(17(20)7-10)9-12(3)18(16)13-4-5-15(19(21)22)11(2)8-13/h4-5,8-10H,6-7H2,1-3H3. The highest BCUT2D eigenvalue weighted by Crippen LogP contribution is 2.31. The van der Waals surface area contributed by atoms with Gasteiger partial charge in [-0.1, -0.05) is 6.92 Å². The molecule has 0 aliphatic heterocycles. The van der Waals surface area contributed by atoms with Crippen molar-refractivity contribution < 1.29 is 9.72 Å². The average molecular weight is 298 g/mol. The maximum Gasteiger partial charge on any atom is 0.272 e. The third-order valence-electron chi connectivity index (χ3n) is 4.30. The van der Waals surface area contributed by atoms with Crippen LogP contribution >= 0.6 is 0 Å². The molecule has 0 N–H and O–H groups in total. The van der Waals surface area contributed by atoms with Gasteiger partial charge in [0.05, 0.1) is 4.92 Å². The van der Waals surface area contributed by atoms with Gasteiger partial charge in [0.1, 0.15) is 0 Å². The van der Waals surface area contributed by atoms with Crippen LogP contribution in [0.1, 0.15) is 40.7 Å². The van der Waals surface area contributed by atoms with E-state index in [4.69, 9.17) is 0 Å². The van der Waals surface area contributed by atoms with Crippen molar-refractivity contribution in [2.45, 2.75) is 33.6 Å². The van der Waals surface area contributed by atoms with E-state index in [-0.39, 0.29) is 16.4 Å². The molecule has 1 aromatic carbocycles. The van der Waals surface area contributed by atoms with Crippen molar-refractivity contribution >= 4 is 11.5 Å². The number of nitro groups is 1. The Kier molecular flexibility index (Phi) is 3.35. The molecule has 1 aliphatic carbocycles. The minimum absolute atomic E-state index is 0.117. The van der Waals surface area contributed by atoms with Gasteiger partial charge >= 0.3 is 0 Å². The van der Waals surface area contributed by atoms with E-state index in [1.165, 1.54) is 6.07 Å². The van der Waals surface area contributed by atoms with Gasteiger partial charge in [-0.3, -0.25) is 14.9 Å². The number of aryl methyl sites for hydroxylation is 2. The summed E-state index contributed by atoms with van der Waals surface area (Å²) in [6, 6.07) is 7.03. The molecule has 2 aromatic rings. The molecule has 1 aliphatic rings. The number of nitro benzene ring substituents is 1. The highest BCUT2D eigenvalue weighted by molar-refractivity contribution is 5.99. The minimum Gasteiger partial charge on any atom is -0.317 e. The molecule has 5 nitrogen and oxygen atoms in total. The Morgan fingerprint density at radius 2 is 1.95 bits per heavy atom. The molecule has 1 aromatic heterocycles. The van der Waals surface area contributed by atoms with Crippen LogP contribution in [0.4, 0.5) is 5.69 Å². The van der Waals surface area contributed by atoms with Gasteiger partial charge in [0, 0.05) is 40.7 Å². The van der Waals surface area contributed by atoms with Gasteiger partial charge in [-0.25, -0.2) is 0 Å². The van der Waals surface area contributed by atoms with E-state index in [1.807, 2.05) is 19.1 Å². The number of benzene rings is 1. The van der Waals surface area contributed by atoms with Gasteiger partial charge in [0.25, 0.3) is 5.69 Å². The molecule has 0 saturated heterocycles. The monoisotopic (exact) mass is 298 g/mol. The van der Waals surface area contributed by atoms with Crippen LogP contribution in [0.3, 0.4) is 0 Å². The van der Waals surface area contributed by atoms with Crippen LogP contribution in [0, 0.1) is 29.9 Å². The summed E-state index contributed by atoms with van der Waals surface area (Å²) in [6.07, 6.45) is 1.45. The number of rotatable bonds is 2. The van der Waals surface area contributed by atoms with Crippen molar-refractivity contribution in [2.75, 3.05) is 0 Å². The molecule has 0 fully saturated rings. The lowest BCUT2D eigenvalue weighted by Gasteiger charge is -2.21. The largest absolute Gasteiger partial charge is 0.317 e. The Balaban J connectivity index is 2.16. The lowest BCUT2D eigenvalue weighted by atomic mass is 9.88. The first-order chi connectivity index (χ1) is 10.4. The second-order valence-electron chi connectivity index (χ2n) is 6.15. The molecule has 0 radical (unpaired) electrons. The number of carbonyl (C=O) groups is 1. The zero-order valence-electron chi connectivity index (χ0n) is 12.9. The fraction of sp³-hybridized carbons (Fsp3) is 0.353. The Morgan fingerprint density at radius 1 is 1.23 bits per heavy atom. The number of Topliss-reactive ketones (excluding diaryl/α,β-unsaturated/α-hetero) is 1. The van der Waals surface area contributed by atoms with E-state index < -0.39 is 0 Å². The molecule has 3 rings (SSSR count). The van der Waals surface area contributed by atoms with E-state index in [2.05, 4.69) is 11.5 Å². The first kappa shape index (κ1) is 14.5. The predicted molar refractivity (Wildman–Crippen MR) is 83.7 cm³/mol. The van der Waals surface area contributed by atoms with Crippen LogP contribution in [0.15, 0.2) is 24.3 Å². The minimum atomic E-state index is -0.372. The van der Waals surface area contributed by atoms with E-state index in [0.717, 1.165) is 29.1 Å². The predicted octanol–water partition coefficient (Wildman–Crippen LogP) is 3.77. The Morgan fingerprint density at radius 3 is 2.59 bits per heavy atom. The van der Waals surface area contributed by atoms with Crippen LogP contribution < -0.4 is 0 Å². The smallest absolute Gasteiger partial charge is 0.272 e. The average Bonchev–Trinajstić information content (AvgIpc) is 2.74. The van der Waals surface area contributed by atoms with Crippen LogP contribution in [0.5, 0.6) is 0 Å². The fourth-order valence-electron chi connectivity index (χ4n) is 3.30. The Bertz CT molecular complexity index is 789. The number of aromatic nitrogens is 1. The molecular weight excluding hydrogens is 280 g/mol. The molecule has 5 heteroatoms. The zero-order chi connectivity index (χ0) is 16.0. The van der Waals surface area contributed by atoms with Crippen molar-refractivity contribution in [3.8, 4) is 5.69 Å². The second kappa shape index (κ2) is 5.09. The summed E-state index contributed by atoms with van der Waals surface area (Å²) >= 11 is 0. The maximum atomic E-state index is 12.2. The number of fused-ring (bicyclic) bond motifs is 1. The van der Waals surface area contributed by atoms with Crippen molar-refractivity contribution in [1.29, 1.82) is 0 Å². The summed E-state index contributed by atoms with van der Waals surface area (Å²) in [4.78, 5) is 22.8. The van der Waals surface area contributed by atoms with Gasteiger partial charge in [-0.2, -0.15) is 0 Å². The van der Waals surface area contributed by atoms with E-state index in [9.17, 15) is 14.9 Å². The molecule has 0 saturated carbocycles. The van der Waals surface area contributed by atoms with Gasteiger partial charge in [-0.15, -0.1) is 0 Å². The van der Waals surface area contributed by atoms with E-state index in [0.29, 0.717) is 17.9 Å². The number of carbonyl (C=O) groups excluding carboxylic acids is 1. The van der Waals surface area contributed by atoms with E-state index in [1.54, 1.807) is 13.0 Å². The molecule has 22 heavy (non-hydrogen) atoms. The lowest BCUT2D eigenvalue weighted by molar-refractivity contribution is -0.385. The SMILES string of the molecule is Cc1cc(-n2c(C)cc3c2CC(C)CC3=O)ccc1[N+](=O)[O-]. The molecule has 0 bridgehead atoms. The molecule has 1 heterocycles. The van der Waals surface area contributed by atoms with Crippen molar-refractivity contribution in [1.82, 2.24) is 4.57 Å². The van der Waals surface area contributed by atoms with Crippen LogP contribution in [0.2, 0.25) is 0 Å². The lowest BCUT2D eigenvalue weighted by Crippen LogP contribution is -2.19. The second-order valence-corrected chi connectivity index (χ2v) is 6.15. The number of ketones is 1. The van der Waals surface area contributed by atoms with E-state index >= 15 is 0 Å². The number of hydrogen-bond donors (Lipinski definition) is 0. The molecule has 1 atom stereocenters. The first-order valence-electron chi connectivity index (χ1n) is 7.38. The fourth-order valence-corrected chi connectivity index (χ4v) is 3.30. The molecule has 0 spiro atoms. The van der Waals surface area contributed by atoms with Crippen LogP contribution in [0.25, 0.3) is 5.69 Å². The zero-order valence-corrected chi connectivity index (χ0v) is 12.9. The van der Waals surface area contributed by atoms with Gasteiger partial charge < -0.3 is 4.57 Å². The normalized spacial score (nSPS) is 17.4. The van der Waals surface area contributed by atoms with Crippen molar-refractivity contribution in [2.24, 2.45) is 5.92 Å². The summed E-state index contributed by atoms with van der Waals surface area (Å²) in [5, 5.41) is 11.0. The summed E-state index contributed by atoms with van der Waals surface area (Å²) in [5.74, 6) is 0.515. The highest BCUT2D eigenvalue weighted by Gasteiger charge is 2.27. The topological polar surface area (TPSA) is 65.1 Å². The third kappa shape index (κ3) is 2.22. The molecule has 1 unspecified atom stereocenters.